The predicted octanol–water partition coefficient (Wildman–Crippen LogP) is 3.76. The monoisotopic (exact) mass is 347 g/mol. The molecule has 0 aliphatic rings. The largest absolute Gasteiger partial charge is 0.573 e. The van der Waals surface area contributed by atoms with Gasteiger partial charge in [-0.15, -0.1) is 24.8 Å². The molecule has 1 aromatic rings. The van der Waals surface area contributed by atoms with E-state index in [2.05, 4.69) is 14.5 Å². The van der Waals surface area contributed by atoms with E-state index in [0.717, 1.165) is 0 Å². The van der Waals surface area contributed by atoms with E-state index in [1.165, 1.54) is 6.92 Å². The van der Waals surface area contributed by atoms with Crippen LogP contribution in [-0.4, -0.2) is 23.9 Å². The quantitative estimate of drug-likeness (QED) is 0.446. The lowest BCUT2D eigenvalue weighted by atomic mass is 10.1. The van der Waals surface area contributed by atoms with E-state index < -0.39 is 42.5 Å². The molecule has 0 unspecified atom stereocenters. The Hall–Kier alpha value is -1.64. The van der Waals surface area contributed by atoms with Gasteiger partial charge in [0.1, 0.15) is 11.4 Å². The number of nitrogens with zero attached hydrogens (tertiary/aromatic N) is 1. The smallest absolute Gasteiger partial charge is 0.466 e. The number of alkyl halides is 6. The molecular formula is C12H11ClF5NO3. The first-order valence-electron chi connectivity index (χ1n) is 5.96. The van der Waals surface area contributed by atoms with Crippen LogP contribution in [0, 0.1) is 0 Å². The first kappa shape index (κ1) is 18.4. The second-order valence-electron chi connectivity index (χ2n) is 3.93. The van der Waals surface area contributed by atoms with Crippen LogP contribution in [-0.2, 0) is 21.8 Å². The van der Waals surface area contributed by atoms with Crippen LogP contribution in [0.5, 0.6) is 5.75 Å². The van der Waals surface area contributed by atoms with Crippen molar-refractivity contribution in [2.45, 2.75) is 32.0 Å². The first-order valence-corrected chi connectivity index (χ1v) is 6.49. The Bertz CT molecular complexity index is 536. The zero-order chi connectivity index (χ0) is 16.9. The molecule has 0 N–H and O–H groups in total. The fraction of sp³-hybridized carbons (Fsp3) is 0.500. The van der Waals surface area contributed by atoms with Crippen molar-refractivity contribution in [3.8, 4) is 5.75 Å². The minimum Gasteiger partial charge on any atom is -0.466 e. The molecule has 1 rings (SSSR count). The summed E-state index contributed by atoms with van der Waals surface area (Å²) < 4.78 is 70.9. The third kappa shape index (κ3) is 5.28. The summed E-state index contributed by atoms with van der Waals surface area (Å²) >= 11 is 5.52. The highest BCUT2D eigenvalue weighted by Gasteiger charge is 2.34. The molecule has 0 spiro atoms. The van der Waals surface area contributed by atoms with Crippen molar-refractivity contribution in [3.05, 3.63) is 23.0 Å². The van der Waals surface area contributed by atoms with Crippen LogP contribution < -0.4 is 4.74 Å². The maximum Gasteiger partial charge on any atom is 0.573 e. The van der Waals surface area contributed by atoms with Gasteiger partial charge in [-0.25, -0.2) is 8.78 Å². The lowest BCUT2D eigenvalue weighted by Crippen LogP contribution is -2.20. The van der Waals surface area contributed by atoms with Crippen molar-refractivity contribution in [1.82, 2.24) is 4.98 Å². The number of rotatable bonds is 6. The molecule has 1 heterocycles. The molecule has 1 aromatic heterocycles. The van der Waals surface area contributed by atoms with Crippen LogP contribution in [0.25, 0.3) is 0 Å². The van der Waals surface area contributed by atoms with Crippen molar-refractivity contribution < 1.29 is 36.2 Å². The molecule has 0 atom stereocenters. The topological polar surface area (TPSA) is 48.4 Å². The number of carbonyl (C=O) groups is 1. The molecule has 0 saturated heterocycles. The standard InChI is InChI=1S/C12H11ClF5NO3/c1-2-21-10(20)3-6-8(5-13)19-7(11(14)15)4-9(6)22-12(16,17)18/h4,11H,2-3,5H2,1H3. The highest BCUT2D eigenvalue weighted by Crippen LogP contribution is 2.32. The molecule has 0 radical (unpaired) electrons. The molecule has 0 aliphatic heterocycles. The summed E-state index contributed by atoms with van der Waals surface area (Å²) in [5, 5.41) is 0. The molecule has 0 amide bonds. The minimum atomic E-state index is -5.12. The average molecular weight is 348 g/mol. The summed E-state index contributed by atoms with van der Waals surface area (Å²) in [6, 6.07) is 0.433. The predicted molar refractivity (Wildman–Crippen MR) is 65.8 cm³/mol. The molecule has 0 bridgehead atoms. The fourth-order valence-corrected chi connectivity index (χ4v) is 1.82. The minimum absolute atomic E-state index is 0.00699. The van der Waals surface area contributed by atoms with Gasteiger partial charge in [-0.1, -0.05) is 0 Å². The average Bonchev–Trinajstić information content (AvgIpc) is 2.38. The Kier molecular flexibility index (Phi) is 6.34. The van der Waals surface area contributed by atoms with Crippen LogP contribution in [0.2, 0.25) is 0 Å². The van der Waals surface area contributed by atoms with Crippen LogP contribution in [0.1, 0.15) is 30.3 Å². The number of esters is 1. The van der Waals surface area contributed by atoms with E-state index in [4.69, 9.17) is 11.6 Å². The van der Waals surface area contributed by atoms with E-state index in [-0.39, 0.29) is 17.9 Å². The maximum atomic E-state index is 12.7. The van der Waals surface area contributed by atoms with Gasteiger partial charge in [0, 0.05) is 11.6 Å². The third-order valence-electron chi connectivity index (χ3n) is 2.39. The van der Waals surface area contributed by atoms with Crippen molar-refractivity contribution in [2.24, 2.45) is 0 Å². The molecular weight excluding hydrogens is 337 g/mol. The highest BCUT2D eigenvalue weighted by atomic mass is 35.5. The van der Waals surface area contributed by atoms with Crippen molar-refractivity contribution in [2.75, 3.05) is 6.61 Å². The van der Waals surface area contributed by atoms with E-state index in [1.54, 1.807) is 0 Å². The summed E-state index contributed by atoms with van der Waals surface area (Å²) in [6.45, 7) is 1.51. The van der Waals surface area contributed by atoms with Gasteiger partial charge in [0.15, 0.2) is 0 Å². The second kappa shape index (κ2) is 7.57. The summed E-state index contributed by atoms with van der Waals surface area (Å²) in [5.74, 6) is -2.27. The molecule has 124 valence electrons. The van der Waals surface area contributed by atoms with Gasteiger partial charge in [0.25, 0.3) is 6.43 Å². The Morgan fingerprint density at radius 1 is 1.41 bits per heavy atom. The fourth-order valence-electron chi connectivity index (χ4n) is 1.60. The number of pyridine rings is 1. The number of ether oxygens (including phenoxy) is 2. The third-order valence-corrected chi connectivity index (χ3v) is 2.64. The molecule has 0 aromatic carbocycles. The first-order chi connectivity index (χ1) is 10.2. The normalized spacial score (nSPS) is 11.6. The lowest BCUT2D eigenvalue weighted by Gasteiger charge is -2.16. The van der Waals surface area contributed by atoms with E-state index in [0.29, 0.717) is 6.07 Å². The van der Waals surface area contributed by atoms with Crippen molar-refractivity contribution >= 4 is 17.6 Å². The number of aromatic nitrogens is 1. The van der Waals surface area contributed by atoms with Gasteiger partial charge in [0.05, 0.1) is 24.6 Å². The van der Waals surface area contributed by atoms with Gasteiger partial charge in [-0.05, 0) is 6.92 Å². The van der Waals surface area contributed by atoms with E-state index in [9.17, 15) is 26.7 Å². The molecule has 4 nitrogen and oxygen atoms in total. The number of hydrogen-bond acceptors (Lipinski definition) is 4. The molecule has 0 saturated carbocycles. The van der Waals surface area contributed by atoms with Gasteiger partial charge in [0.2, 0.25) is 0 Å². The summed E-state index contributed by atoms with van der Waals surface area (Å²) in [7, 11) is 0. The summed E-state index contributed by atoms with van der Waals surface area (Å²) in [4.78, 5) is 14.9. The van der Waals surface area contributed by atoms with Crippen LogP contribution >= 0.6 is 11.6 Å². The van der Waals surface area contributed by atoms with E-state index in [1.807, 2.05) is 0 Å². The van der Waals surface area contributed by atoms with Crippen molar-refractivity contribution in [1.29, 1.82) is 0 Å². The highest BCUT2D eigenvalue weighted by molar-refractivity contribution is 6.17. The van der Waals surface area contributed by atoms with Gasteiger partial charge >= 0.3 is 12.3 Å². The number of halogens is 6. The van der Waals surface area contributed by atoms with Crippen LogP contribution in [0.3, 0.4) is 0 Å². The molecule has 0 aliphatic carbocycles. The van der Waals surface area contributed by atoms with Crippen molar-refractivity contribution in [3.63, 3.8) is 0 Å². The van der Waals surface area contributed by atoms with Crippen LogP contribution in [0.15, 0.2) is 6.07 Å². The SMILES string of the molecule is CCOC(=O)Cc1c(OC(F)(F)F)cc(C(F)F)nc1CCl. The summed E-state index contributed by atoms with van der Waals surface area (Å²) in [6.07, 6.45) is -8.86. The van der Waals surface area contributed by atoms with E-state index >= 15 is 0 Å². The van der Waals surface area contributed by atoms with Gasteiger partial charge < -0.3 is 9.47 Å². The van der Waals surface area contributed by atoms with Gasteiger partial charge in [-0.2, -0.15) is 0 Å². The molecule has 22 heavy (non-hydrogen) atoms. The Labute approximate surface area is 127 Å². The molecule has 0 fully saturated rings. The second-order valence-corrected chi connectivity index (χ2v) is 4.20. The van der Waals surface area contributed by atoms with Crippen LogP contribution in [0.4, 0.5) is 22.0 Å². The number of carbonyl (C=O) groups excluding carboxylic acids is 1. The lowest BCUT2D eigenvalue weighted by molar-refractivity contribution is -0.275. The van der Waals surface area contributed by atoms with Gasteiger partial charge in [-0.3, -0.25) is 9.78 Å². The Balaban J connectivity index is 3.32. The maximum absolute atomic E-state index is 12.7. The zero-order valence-corrected chi connectivity index (χ0v) is 12.0. The zero-order valence-electron chi connectivity index (χ0n) is 11.2. The Morgan fingerprint density at radius 2 is 2.05 bits per heavy atom. The molecule has 10 heteroatoms. The number of hydrogen-bond donors (Lipinski definition) is 0. The Morgan fingerprint density at radius 3 is 2.50 bits per heavy atom. The summed E-state index contributed by atoms with van der Waals surface area (Å²) in [5.41, 5.74) is -1.57.